The van der Waals surface area contributed by atoms with Gasteiger partial charge < -0.3 is 10.1 Å². The van der Waals surface area contributed by atoms with Gasteiger partial charge in [0.25, 0.3) is 10.2 Å². The molecule has 1 aromatic carbocycles. The van der Waals surface area contributed by atoms with Crippen molar-refractivity contribution in [3.63, 3.8) is 0 Å². The van der Waals surface area contributed by atoms with Crippen LogP contribution in [0.1, 0.15) is 5.56 Å². The van der Waals surface area contributed by atoms with Crippen LogP contribution in [0, 0.1) is 0 Å². The zero-order chi connectivity index (χ0) is 15.9. The number of methoxy groups -OCH3 is 1. The van der Waals surface area contributed by atoms with Gasteiger partial charge in [-0.15, -0.1) is 0 Å². The fourth-order valence-corrected chi connectivity index (χ4v) is 2.12. The van der Waals surface area contributed by atoms with Crippen LogP contribution in [-0.2, 0) is 21.4 Å². The van der Waals surface area contributed by atoms with Crippen LogP contribution in [0.5, 0.6) is 5.75 Å². The van der Waals surface area contributed by atoms with Crippen molar-refractivity contribution in [3.8, 4) is 5.75 Å². The van der Waals surface area contributed by atoms with Crippen LogP contribution in [-0.4, -0.2) is 52.9 Å². The lowest BCUT2D eigenvalue weighted by Gasteiger charge is -2.12. The van der Waals surface area contributed by atoms with Gasteiger partial charge in [-0.3, -0.25) is 4.79 Å². The Hall–Kier alpha value is -1.64. The average Bonchev–Trinajstić information content (AvgIpc) is 2.44. The maximum absolute atomic E-state index is 11.7. The van der Waals surface area contributed by atoms with E-state index in [2.05, 4.69) is 10.0 Å². The van der Waals surface area contributed by atoms with E-state index in [1.165, 1.54) is 14.1 Å². The maximum atomic E-state index is 11.7. The van der Waals surface area contributed by atoms with E-state index in [1.807, 2.05) is 12.1 Å². The Morgan fingerprint density at radius 1 is 1.19 bits per heavy atom. The van der Waals surface area contributed by atoms with E-state index >= 15 is 0 Å². The smallest absolute Gasteiger partial charge is 0.278 e. The van der Waals surface area contributed by atoms with E-state index in [4.69, 9.17) is 4.74 Å². The second-order valence-corrected chi connectivity index (χ2v) is 6.53. The molecular weight excluding hydrogens is 294 g/mol. The monoisotopic (exact) mass is 315 g/mol. The maximum Gasteiger partial charge on any atom is 0.278 e. The highest BCUT2D eigenvalue weighted by molar-refractivity contribution is 7.87. The minimum atomic E-state index is -3.44. The van der Waals surface area contributed by atoms with Crippen LogP contribution in [0.4, 0.5) is 0 Å². The van der Waals surface area contributed by atoms with Crippen LogP contribution in [0.15, 0.2) is 24.3 Å². The highest BCUT2D eigenvalue weighted by atomic mass is 32.2. The van der Waals surface area contributed by atoms with Gasteiger partial charge in [-0.2, -0.15) is 12.7 Å². The minimum Gasteiger partial charge on any atom is -0.497 e. The molecule has 0 aliphatic rings. The summed E-state index contributed by atoms with van der Waals surface area (Å²) in [6.07, 6.45) is 0.241. The highest BCUT2D eigenvalue weighted by Crippen LogP contribution is 2.11. The first-order chi connectivity index (χ1) is 9.85. The number of ether oxygens (including phenoxy) is 1. The fraction of sp³-hybridized carbons (Fsp3) is 0.462. The number of carbonyl (C=O) groups excluding carboxylic acids is 1. The molecule has 0 aliphatic heterocycles. The van der Waals surface area contributed by atoms with Gasteiger partial charge >= 0.3 is 0 Å². The lowest BCUT2D eigenvalue weighted by molar-refractivity contribution is -0.120. The Morgan fingerprint density at radius 2 is 1.81 bits per heavy atom. The number of hydrogen-bond acceptors (Lipinski definition) is 4. The number of amides is 1. The standard InChI is InChI=1S/C13H21N3O4S/c1-16(2)21(18,19)15-9-8-14-13(17)10-11-4-6-12(20-3)7-5-11/h4-7,15H,8-10H2,1-3H3,(H,14,17). The molecular formula is C13H21N3O4S. The number of rotatable bonds is 8. The van der Waals surface area contributed by atoms with Gasteiger partial charge in [0.1, 0.15) is 5.75 Å². The summed E-state index contributed by atoms with van der Waals surface area (Å²) in [5, 5.41) is 2.66. The van der Waals surface area contributed by atoms with E-state index in [1.54, 1.807) is 19.2 Å². The van der Waals surface area contributed by atoms with Crippen molar-refractivity contribution in [2.45, 2.75) is 6.42 Å². The van der Waals surface area contributed by atoms with Gasteiger partial charge in [-0.1, -0.05) is 12.1 Å². The molecule has 0 aromatic heterocycles. The lowest BCUT2D eigenvalue weighted by atomic mass is 10.1. The number of carbonyl (C=O) groups is 1. The molecule has 0 spiro atoms. The normalized spacial score (nSPS) is 11.4. The zero-order valence-corrected chi connectivity index (χ0v) is 13.2. The number of nitrogens with one attached hydrogen (secondary N) is 2. The molecule has 0 unspecified atom stereocenters. The van der Waals surface area contributed by atoms with Crippen molar-refractivity contribution in [3.05, 3.63) is 29.8 Å². The fourth-order valence-electron chi connectivity index (χ4n) is 1.50. The predicted molar refractivity (Wildman–Crippen MR) is 80.3 cm³/mol. The molecule has 118 valence electrons. The molecule has 21 heavy (non-hydrogen) atoms. The van der Waals surface area contributed by atoms with Gasteiger partial charge in [0.05, 0.1) is 13.5 Å². The molecule has 0 atom stereocenters. The first kappa shape index (κ1) is 17.4. The van der Waals surface area contributed by atoms with Gasteiger partial charge in [-0.05, 0) is 17.7 Å². The molecule has 1 rings (SSSR count). The van der Waals surface area contributed by atoms with E-state index in [0.717, 1.165) is 15.6 Å². The second-order valence-electron chi connectivity index (χ2n) is 4.56. The quantitative estimate of drug-likeness (QED) is 0.648. The van der Waals surface area contributed by atoms with E-state index in [-0.39, 0.29) is 25.4 Å². The molecule has 0 aliphatic carbocycles. The van der Waals surface area contributed by atoms with Crippen molar-refractivity contribution >= 4 is 16.1 Å². The summed E-state index contributed by atoms with van der Waals surface area (Å²) >= 11 is 0. The van der Waals surface area contributed by atoms with Crippen molar-refractivity contribution < 1.29 is 17.9 Å². The van der Waals surface area contributed by atoms with Gasteiger partial charge in [0, 0.05) is 27.2 Å². The van der Waals surface area contributed by atoms with E-state index < -0.39 is 10.2 Å². The molecule has 7 nitrogen and oxygen atoms in total. The van der Waals surface area contributed by atoms with Crippen LogP contribution in [0.2, 0.25) is 0 Å². The molecule has 8 heteroatoms. The van der Waals surface area contributed by atoms with E-state index in [0.29, 0.717) is 0 Å². The summed E-state index contributed by atoms with van der Waals surface area (Å²) < 4.78 is 31.3. The highest BCUT2D eigenvalue weighted by Gasteiger charge is 2.11. The third-order valence-corrected chi connectivity index (χ3v) is 4.27. The van der Waals surface area contributed by atoms with Crippen LogP contribution in [0.3, 0.4) is 0 Å². The third-order valence-electron chi connectivity index (χ3n) is 2.74. The Kier molecular flexibility index (Phi) is 6.60. The summed E-state index contributed by atoms with van der Waals surface area (Å²) in [5.41, 5.74) is 0.863. The molecule has 1 amide bonds. The van der Waals surface area contributed by atoms with Crippen molar-refractivity contribution in [2.75, 3.05) is 34.3 Å². The Labute approximate surface area is 125 Å². The van der Waals surface area contributed by atoms with Crippen molar-refractivity contribution in [1.29, 1.82) is 0 Å². The van der Waals surface area contributed by atoms with Crippen molar-refractivity contribution in [1.82, 2.24) is 14.3 Å². The summed E-state index contributed by atoms with van der Waals surface area (Å²) in [5.74, 6) is 0.571. The first-order valence-corrected chi connectivity index (χ1v) is 7.86. The molecule has 0 saturated carbocycles. The van der Waals surface area contributed by atoms with Gasteiger partial charge in [0.15, 0.2) is 0 Å². The summed E-state index contributed by atoms with van der Waals surface area (Å²) in [6, 6.07) is 7.20. The average molecular weight is 315 g/mol. The Morgan fingerprint density at radius 3 is 2.33 bits per heavy atom. The van der Waals surface area contributed by atoms with Gasteiger partial charge in [-0.25, -0.2) is 4.72 Å². The Balaban J connectivity index is 2.31. The number of hydrogen-bond donors (Lipinski definition) is 2. The molecule has 2 N–H and O–H groups in total. The summed E-state index contributed by atoms with van der Waals surface area (Å²) in [6.45, 7) is 0.386. The van der Waals surface area contributed by atoms with Gasteiger partial charge in [0.2, 0.25) is 5.91 Å². The van der Waals surface area contributed by atoms with E-state index in [9.17, 15) is 13.2 Å². The molecule has 0 radical (unpaired) electrons. The summed E-state index contributed by atoms with van der Waals surface area (Å²) in [4.78, 5) is 11.7. The Bertz CT molecular complexity index is 555. The van der Waals surface area contributed by atoms with Crippen LogP contribution >= 0.6 is 0 Å². The lowest BCUT2D eigenvalue weighted by Crippen LogP contribution is -2.40. The topological polar surface area (TPSA) is 87.7 Å². The molecule has 1 aromatic rings. The summed E-state index contributed by atoms with van der Waals surface area (Å²) in [7, 11) is 1.01. The first-order valence-electron chi connectivity index (χ1n) is 6.42. The zero-order valence-electron chi connectivity index (χ0n) is 12.4. The molecule has 0 bridgehead atoms. The van der Waals surface area contributed by atoms with Crippen LogP contribution < -0.4 is 14.8 Å². The van der Waals surface area contributed by atoms with Crippen molar-refractivity contribution in [2.24, 2.45) is 0 Å². The predicted octanol–water partition coefficient (Wildman–Crippen LogP) is -0.250. The number of nitrogens with zero attached hydrogens (tertiary/aromatic N) is 1. The largest absolute Gasteiger partial charge is 0.497 e. The molecule has 0 fully saturated rings. The number of benzene rings is 1. The SMILES string of the molecule is COc1ccc(CC(=O)NCCNS(=O)(=O)N(C)C)cc1. The third kappa shape index (κ3) is 6.11. The molecule has 0 heterocycles. The minimum absolute atomic E-state index is 0.148. The second kappa shape index (κ2) is 7.96. The molecule has 0 saturated heterocycles. The van der Waals surface area contributed by atoms with Crippen LogP contribution in [0.25, 0.3) is 0 Å².